The molecule has 3 nitrogen and oxygen atoms in total. The topological polar surface area (TPSA) is 54.4 Å². The van der Waals surface area contributed by atoms with Crippen molar-refractivity contribution >= 4 is 21.4 Å². The Labute approximate surface area is 136 Å². The second kappa shape index (κ2) is 6.41. The van der Waals surface area contributed by atoms with Gasteiger partial charge in [0, 0.05) is 6.26 Å². The van der Waals surface area contributed by atoms with Crippen molar-refractivity contribution in [3.63, 3.8) is 0 Å². The van der Waals surface area contributed by atoms with Gasteiger partial charge < -0.3 is 5.11 Å². The summed E-state index contributed by atoms with van der Waals surface area (Å²) in [6.45, 7) is 1.65. The van der Waals surface area contributed by atoms with Crippen LogP contribution >= 0.6 is 11.6 Å². The lowest BCUT2D eigenvalue weighted by Gasteiger charge is -2.29. The van der Waals surface area contributed by atoms with Gasteiger partial charge in [0.1, 0.15) is 6.10 Å². The lowest BCUT2D eigenvalue weighted by molar-refractivity contribution is 0.155. The highest BCUT2D eigenvalue weighted by atomic mass is 35.5. The van der Waals surface area contributed by atoms with E-state index in [0.29, 0.717) is 5.56 Å². The summed E-state index contributed by atoms with van der Waals surface area (Å²) >= 11 is 6.20. The second-order valence-corrected chi connectivity index (χ2v) is 8.47. The molecule has 0 amide bonds. The van der Waals surface area contributed by atoms with Crippen molar-refractivity contribution in [1.29, 1.82) is 0 Å². The maximum Gasteiger partial charge on any atom is 0.174 e. The molecule has 0 aliphatic heterocycles. The average Bonchev–Trinajstić information content (AvgIpc) is 2.53. The molecule has 0 heterocycles. The van der Waals surface area contributed by atoms with Gasteiger partial charge >= 0.3 is 0 Å². The molecular formula is C17H19ClO3S. The van der Waals surface area contributed by atoms with E-state index < -0.39 is 20.1 Å². The minimum Gasteiger partial charge on any atom is -0.385 e. The molecule has 0 radical (unpaired) electrons. The number of halogens is 1. The molecule has 0 fully saturated rings. The molecule has 22 heavy (non-hydrogen) atoms. The molecule has 1 N–H and O–H groups in total. The summed E-state index contributed by atoms with van der Waals surface area (Å²) in [7, 11) is -3.61. The number of hydrogen-bond donors (Lipinski definition) is 1. The fourth-order valence-electron chi connectivity index (χ4n) is 2.40. The number of rotatable bonds is 5. The molecule has 0 aliphatic rings. The van der Waals surface area contributed by atoms with E-state index in [-0.39, 0.29) is 6.42 Å². The molecule has 2 aromatic rings. The Morgan fingerprint density at radius 2 is 1.55 bits per heavy atom. The largest absolute Gasteiger partial charge is 0.385 e. The van der Waals surface area contributed by atoms with Crippen molar-refractivity contribution in [2.24, 2.45) is 0 Å². The van der Waals surface area contributed by atoms with Crippen molar-refractivity contribution in [3.8, 4) is 11.1 Å². The first-order chi connectivity index (χ1) is 10.3. The summed E-state index contributed by atoms with van der Waals surface area (Å²) in [5, 5.41) is 10.4. The van der Waals surface area contributed by atoms with Crippen LogP contribution in [0.4, 0.5) is 0 Å². The highest BCUT2D eigenvalue weighted by molar-refractivity contribution is 7.93. The number of sulfone groups is 1. The number of aliphatic hydroxyl groups excluding tert-OH is 1. The van der Waals surface area contributed by atoms with Crippen LogP contribution in [0.25, 0.3) is 11.1 Å². The fourth-order valence-corrected chi connectivity index (χ4v) is 3.59. The molecule has 0 unspecified atom stereocenters. The Morgan fingerprint density at radius 1 is 1.05 bits per heavy atom. The lowest BCUT2D eigenvalue weighted by atomic mass is 9.99. The van der Waals surface area contributed by atoms with Gasteiger partial charge in [-0.3, -0.25) is 0 Å². The molecule has 0 spiro atoms. The van der Waals surface area contributed by atoms with Crippen LogP contribution in [0.15, 0.2) is 54.6 Å². The van der Waals surface area contributed by atoms with Crippen molar-refractivity contribution < 1.29 is 13.5 Å². The SMILES string of the molecule is CC[C@@](Cl)([C@H](O)c1ccc(-c2ccccc2)cc1)S(C)(=O)=O. The molecule has 0 aromatic heterocycles. The molecule has 0 bridgehead atoms. The van der Waals surface area contributed by atoms with Crippen molar-refractivity contribution in [1.82, 2.24) is 0 Å². The Hall–Kier alpha value is -1.36. The predicted molar refractivity (Wildman–Crippen MR) is 90.6 cm³/mol. The Bertz CT molecular complexity index is 726. The summed E-state index contributed by atoms with van der Waals surface area (Å²) in [6, 6.07) is 16.9. The lowest BCUT2D eigenvalue weighted by Crippen LogP contribution is -2.37. The first kappa shape index (κ1) is 17.0. The summed E-state index contributed by atoms with van der Waals surface area (Å²) < 4.78 is 22.1. The van der Waals surface area contributed by atoms with Gasteiger partial charge in [-0.25, -0.2) is 8.42 Å². The van der Waals surface area contributed by atoms with Gasteiger partial charge in [-0.05, 0) is 23.1 Å². The first-order valence-electron chi connectivity index (χ1n) is 7.01. The summed E-state index contributed by atoms with van der Waals surface area (Å²) in [5.41, 5.74) is 2.54. The molecule has 2 aromatic carbocycles. The van der Waals surface area contributed by atoms with Crippen LogP contribution in [0.1, 0.15) is 25.0 Å². The smallest absolute Gasteiger partial charge is 0.174 e. The maximum absolute atomic E-state index is 11.9. The number of hydrogen-bond acceptors (Lipinski definition) is 3. The van der Waals surface area contributed by atoms with E-state index in [1.807, 2.05) is 42.5 Å². The second-order valence-electron chi connectivity index (χ2n) is 5.30. The third-order valence-corrected chi connectivity index (χ3v) is 6.90. The van der Waals surface area contributed by atoms with Crippen LogP contribution in [0.2, 0.25) is 0 Å². The van der Waals surface area contributed by atoms with Crippen LogP contribution in [0, 0.1) is 0 Å². The molecule has 0 aliphatic carbocycles. The van der Waals surface area contributed by atoms with E-state index in [1.54, 1.807) is 19.1 Å². The normalized spacial score (nSPS) is 16.0. The van der Waals surface area contributed by atoms with Crippen LogP contribution in [0.5, 0.6) is 0 Å². The van der Waals surface area contributed by atoms with Gasteiger partial charge in [-0.15, -0.1) is 0 Å². The summed E-state index contributed by atoms with van der Waals surface area (Å²) in [4.78, 5) is 0. The van der Waals surface area contributed by atoms with Crippen LogP contribution in [-0.4, -0.2) is 24.0 Å². The standard InChI is InChI=1S/C17H19ClO3S/c1-3-17(18,22(2,20)21)16(19)15-11-9-14(10-12-15)13-7-5-4-6-8-13/h4-12,16,19H,3H2,1-2H3/t16-,17+/m1/s1. The summed E-state index contributed by atoms with van der Waals surface area (Å²) in [5.74, 6) is 0. The van der Waals surface area contributed by atoms with E-state index >= 15 is 0 Å². The molecule has 2 rings (SSSR count). The molecule has 0 saturated heterocycles. The van der Waals surface area contributed by atoms with Gasteiger partial charge in [0.15, 0.2) is 14.0 Å². The Kier molecular flexibility index (Phi) is 4.95. The van der Waals surface area contributed by atoms with E-state index in [4.69, 9.17) is 11.6 Å². The Morgan fingerprint density at radius 3 is 2.00 bits per heavy atom. The zero-order valence-electron chi connectivity index (χ0n) is 12.5. The fraction of sp³-hybridized carbons (Fsp3) is 0.294. The van der Waals surface area contributed by atoms with Gasteiger partial charge in [0.25, 0.3) is 0 Å². The quantitative estimate of drug-likeness (QED) is 0.844. The van der Waals surface area contributed by atoms with Crippen molar-refractivity contribution in [2.75, 3.05) is 6.26 Å². The van der Waals surface area contributed by atoms with Crippen LogP contribution < -0.4 is 0 Å². The predicted octanol–water partition coefficient (Wildman–Crippen LogP) is 3.78. The highest BCUT2D eigenvalue weighted by Crippen LogP contribution is 2.39. The number of aliphatic hydroxyl groups is 1. The number of alkyl halides is 1. The average molecular weight is 339 g/mol. The van der Waals surface area contributed by atoms with Crippen LogP contribution in [-0.2, 0) is 9.84 Å². The third-order valence-electron chi connectivity index (χ3n) is 3.84. The monoisotopic (exact) mass is 338 g/mol. The van der Waals surface area contributed by atoms with Crippen molar-refractivity contribution in [2.45, 2.75) is 23.7 Å². The highest BCUT2D eigenvalue weighted by Gasteiger charge is 2.44. The van der Waals surface area contributed by atoms with Gasteiger partial charge in [0.05, 0.1) is 0 Å². The molecule has 2 atom stereocenters. The minimum absolute atomic E-state index is 0.120. The van der Waals surface area contributed by atoms with Gasteiger partial charge in [0.2, 0.25) is 0 Å². The van der Waals surface area contributed by atoms with E-state index in [1.165, 1.54) is 0 Å². The minimum atomic E-state index is -3.61. The third kappa shape index (κ3) is 3.19. The van der Waals surface area contributed by atoms with Gasteiger partial charge in [-0.1, -0.05) is 73.1 Å². The van der Waals surface area contributed by atoms with Crippen LogP contribution in [0.3, 0.4) is 0 Å². The zero-order valence-corrected chi connectivity index (χ0v) is 14.1. The zero-order chi connectivity index (χ0) is 16.4. The molecule has 118 valence electrons. The first-order valence-corrected chi connectivity index (χ1v) is 9.28. The summed E-state index contributed by atoms with van der Waals surface area (Å²) in [6.07, 6.45) is -0.112. The van der Waals surface area contributed by atoms with Gasteiger partial charge in [-0.2, -0.15) is 0 Å². The van der Waals surface area contributed by atoms with E-state index in [0.717, 1.165) is 17.4 Å². The molecule has 0 saturated carbocycles. The number of benzene rings is 2. The maximum atomic E-state index is 11.9. The Balaban J connectivity index is 2.35. The molecule has 5 heteroatoms. The molecular weight excluding hydrogens is 320 g/mol. The van der Waals surface area contributed by atoms with E-state index in [9.17, 15) is 13.5 Å². The van der Waals surface area contributed by atoms with E-state index in [2.05, 4.69) is 0 Å². The van der Waals surface area contributed by atoms with Crippen molar-refractivity contribution in [3.05, 3.63) is 60.2 Å².